The van der Waals surface area contributed by atoms with Gasteiger partial charge in [-0.1, -0.05) is 6.07 Å². The van der Waals surface area contributed by atoms with E-state index in [4.69, 9.17) is 9.47 Å². The molecule has 0 saturated heterocycles. The number of nitrogens with one attached hydrogen (secondary N) is 2. The van der Waals surface area contributed by atoms with Gasteiger partial charge < -0.3 is 20.1 Å². The molecule has 0 bridgehead atoms. The topological polar surface area (TPSA) is 104 Å². The van der Waals surface area contributed by atoms with Crippen molar-refractivity contribution in [2.75, 3.05) is 19.5 Å². The molecule has 29 heavy (non-hydrogen) atoms. The lowest BCUT2D eigenvalue weighted by Crippen LogP contribution is -2.34. The van der Waals surface area contributed by atoms with Crippen LogP contribution in [0.4, 0.5) is 5.69 Å². The van der Waals surface area contributed by atoms with Crippen LogP contribution < -0.4 is 25.8 Å². The van der Waals surface area contributed by atoms with Gasteiger partial charge >= 0.3 is 17.5 Å². The number of methoxy groups -OCH3 is 2. The van der Waals surface area contributed by atoms with Gasteiger partial charge in [0, 0.05) is 26.3 Å². The van der Waals surface area contributed by atoms with Crippen LogP contribution in [-0.4, -0.2) is 35.2 Å². The van der Waals surface area contributed by atoms with Crippen LogP contribution in [0.2, 0.25) is 0 Å². The predicted molar refractivity (Wildman–Crippen MR) is 108 cm³/mol. The van der Waals surface area contributed by atoms with Crippen molar-refractivity contribution in [2.45, 2.75) is 6.54 Å². The van der Waals surface area contributed by atoms with Gasteiger partial charge in [0.2, 0.25) is 0 Å². The average Bonchev–Trinajstić information content (AvgIpc) is 2.95. The highest BCUT2D eigenvalue weighted by Gasteiger charge is 2.15. The van der Waals surface area contributed by atoms with E-state index >= 15 is 0 Å². The van der Waals surface area contributed by atoms with Crippen molar-refractivity contribution in [2.24, 2.45) is 14.1 Å². The van der Waals surface area contributed by atoms with Crippen molar-refractivity contribution >= 4 is 28.5 Å². The van der Waals surface area contributed by atoms with Crippen molar-refractivity contribution in [1.29, 1.82) is 0 Å². The van der Waals surface area contributed by atoms with Gasteiger partial charge in [-0.3, -0.25) is 18.7 Å². The number of anilines is 1. The molecule has 9 heteroatoms. The first-order valence-electron chi connectivity index (χ1n) is 8.81. The average molecular weight is 398 g/mol. The summed E-state index contributed by atoms with van der Waals surface area (Å²) >= 11 is 0. The fourth-order valence-electron chi connectivity index (χ4n) is 3.03. The van der Waals surface area contributed by atoms with Crippen molar-refractivity contribution in [3.63, 3.8) is 0 Å². The van der Waals surface area contributed by atoms with Crippen molar-refractivity contribution < 1.29 is 19.1 Å². The second-order valence-electron chi connectivity index (χ2n) is 6.43. The lowest BCUT2D eigenvalue weighted by Gasteiger charge is -2.10. The number of fused-ring (bicyclic) bond motifs is 1. The number of imidazole rings is 1. The molecule has 0 saturated carbocycles. The molecule has 2 amide bonds. The highest BCUT2D eigenvalue weighted by atomic mass is 16.5. The minimum absolute atomic E-state index is 0.152. The van der Waals surface area contributed by atoms with E-state index in [1.807, 2.05) is 0 Å². The first kappa shape index (κ1) is 20.0. The molecule has 1 heterocycles. The van der Waals surface area contributed by atoms with Crippen LogP contribution in [-0.2, 0) is 30.2 Å². The molecule has 0 spiro atoms. The summed E-state index contributed by atoms with van der Waals surface area (Å²) in [5.41, 5.74) is 2.39. The molecule has 0 aliphatic carbocycles. The van der Waals surface area contributed by atoms with E-state index in [1.165, 1.54) is 23.4 Å². The molecule has 3 rings (SSSR count). The summed E-state index contributed by atoms with van der Waals surface area (Å²) in [6, 6.07) is 10.2. The molecule has 0 unspecified atom stereocenters. The first-order chi connectivity index (χ1) is 13.8. The minimum atomic E-state index is -0.800. The van der Waals surface area contributed by atoms with Crippen molar-refractivity contribution in [1.82, 2.24) is 14.5 Å². The fraction of sp³-hybridized carbons (Fsp3) is 0.250. The Morgan fingerprint density at radius 1 is 0.897 bits per heavy atom. The van der Waals surface area contributed by atoms with E-state index in [2.05, 4.69) is 10.6 Å². The van der Waals surface area contributed by atoms with Gasteiger partial charge in [0.15, 0.2) is 11.5 Å². The number of nitrogens with zero attached hydrogens (tertiary/aromatic N) is 2. The summed E-state index contributed by atoms with van der Waals surface area (Å²) in [5, 5.41) is 5.11. The van der Waals surface area contributed by atoms with E-state index in [0.717, 1.165) is 11.1 Å². The van der Waals surface area contributed by atoms with Gasteiger partial charge in [-0.25, -0.2) is 4.79 Å². The second kappa shape index (κ2) is 8.09. The van der Waals surface area contributed by atoms with Gasteiger partial charge in [-0.2, -0.15) is 0 Å². The Kier molecular flexibility index (Phi) is 5.58. The molecule has 0 atom stereocenters. The van der Waals surface area contributed by atoms with E-state index in [-0.39, 0.29) is 12.2 Å². The number of ether oxygens (including phenoxy) is 2. The Hall–Kier alpha value is -3.75. The number of carbonyl (C=O) groups excluding carboxylic acids is 2. The summed E-state index contributed by atoms with van der Waals surface area (Å²) in [7, 11) is 6.37. The number of hydrogen-bond acceptors (Lipinski definition) is 5. The summed E-state index contributed by atoms with van der Waals surface area (Å²) in [6.45, 7) is 0.152. The lowest BCUT2D eigenvalue weighted by atomic mass is 10.2. The number of rotatable bonds is 5. The number of aryl methyl sites for hydroxylation is 2. The molecule has 0 aliphatic rings. The third-order valence-corrected chi connectivity index (χ3v) is 4.64. The highest BCUT2D eigenvalue weighted by molar-refractivity contribution is 6.39. The molecule has 9 nitrogen and oxygen atoms in total. The zero-order valence-corrected chi connectivity index (χ0v) is 16.6. The molecule has 0 radical (unpaired) electrons. The summed E-state index contributed by atoms with van der Waals surface area (Å²) < 4.78 is 13.4. The van der Waals surface area contributed by atoms with Crippen LogP contribution in [0.3, 0.4) is 0 Å². The maximum absolute atomic E-state index is 12.2. The largest absolute Gasteiger partial charge is 0.493 e. The number of carbonyl (C=O) groups is 2. The van der Waals surface area contributed by atoms with Gasteiger partial charge in [0.05, 0.1) is 25.3 Å². The summed E-state index contributed by atoms with van der Waals surface area (Å²) in [5.74, 6) is -0.468. The van der Waals surface area contributed by atoms with Gasteiger partial charge in [0.25, 0.3) is 0 Å². The van der Waals surface area contributed by atoms with E-state index in [9.17, 15) is 14.4 Å². The Morgan fingerprint density at radius 2 is 1.59 bits per heavy atom. The molecule has 0 aliphatic heterocycles. The zero-order valence-electron chi connectivity index (χ0n) is 16.6. The van der Waals surface area contributed by atoms with Gasteiger partial charge in [0.1, 0.15) is 0 Å². The quantitative estimate of drug-likeness (QED) is 0.628. The molecule has 152 valence electrons. The predicted octanol–water partition coefficient (Wildman–Crippen LogP) is 1.15. The highest BCUT2D eigenvalue weighted by Crippen LogP contribution is 2.27. The Bertz CT molecular complexity index is 1150. The molecular weight excluding hydrogens is 376 g/mol. The van der Waals surface area contributed by atoms with E-state index < -0.39 is 11.8 Å². The number of aromatic nitrogens is 2. The van der Waals surface area contributed by atoms with E-state index in [1.54, 1.807) is 50.5 Å². The summed E-state index contributed by atoms with van der Waals surface area (Å²) in [4.78, 5) is 36.4. The van der Waals surface area contributed by atoms with Gasteiger partial charge in [-0.15, -0.1) is 0 Å². The van der Waals surface area contributed by atoms with Crippen LogP contribution in [0.1, 0.15) is 5.56 Å². The molecule has 0 fully saturated rings. The molecule has 2 aromatic carbocycles. The third-order valence-electron chi connectivity index (χ3n) is 4.64. The molecule has 1 aromatic heterocycles. The number of benzene rings is 2. The smallest absolute Gasteiger partial charge is 0.328 e. The van der Waals surface area contributed by atoms with E-state index in [0.29, 0.717) is 22.7 Å². The Labute approximate surface area is 166 Å². The minimum Gasteiger partial charge on any atom is -0.493 e. The van der Waals surface area contributed by atoms with Crippen molar-refractivity contribution in [3.05, 3.63) is 52.4 Å². The summed E-state index contributed by atoms with van der Waals surface area (Å²) in [6.07, 6.45) is 0. The molecular formula is C20H22N4O5. The fourth-order valence-corrected chi connectivity index (χ4v) is 3.03. The van der Waals surface area contributed by atoms with Crippen LogP contribution >= 0.6 is 0 Å². The molecule has 3 aromatic rings. The van der Waals surface area contributed by atoms with Crippen LogP contribution in [0.25, 0.3) is 11.0 Å². The Balaban J connectivity index is 1.67. The number of amides is 2. The van der Waals surface area contributed by atoms with Crippen LogP contribution in [0.5, 0.6) is 11.5 Å². The maximum Gasteiger partial charge on any atom is 0.328 e. The maximum atomic E-state index is 12.2. The second-order valence-corrected chi connectivity index (χ2v) is 6.43. The SMILES string of the molecule is COc1ccc(CNC(=O)C(=O)Nc2ccc3c(c2)n(C)c(=O)n3C)cc1OC. The number of hydrogen-bond donors (Lipinski definition) is 2. The third kappa shape index (κ3) is 3.93. The van der Waals surface area contributed by atoms with Crippen LogP contribution in [0.15, 0.2) is 41.2 Å². The van der Waals surface area contributed by atoms with Gasteiger partial charge in [-0.05, 0) is 35.9 Å². The molecule has 2 N–H and O–H groups in total. The standard InChI is InChI=1S/C20H22N4O5/c1-23-14-7-6-13(10-15(14)24(2)20(23)27)22-19(26)18(25)21-11-12-5-8-16(28-3)17(9-12)29-4/h5-10H,11H2,1-4H3,(H,21,25)(H,22,26). The normalized spacial score (nSPS) is 10.6. The Morgan fingerprint density at radius 3 is 2.28 bits per heavy atom. The monoisotopic (exact) mass is 398 g/mol. The van der Waals surface area contributed by atoms with Crippen molar-refractivity contribution in [3.8, 4) is 11.5 Å². The van der Waals surface area contributed by atoms with Crippen LogP contribution in [0, 0.1) is 0 Å². The lowest BCUT2D eigenvalue weighted by molar-refractivity contribution is -0.136. The first-order valence-corrected chi connectivity index (χ1v) is 8.81. The zero-order chi connectivity index (χ0) is 21.1.